The molecule has 0 spiro atoms. The highest BCUT2D eigenvalue weighted by atomic mass is 35.5. The number of hydrogen-bond donors (Lipinski definition) is 1. The number of aromatic nitrogens is 2. The molecular formula is C24H29ClFN5O. The van der Waals surface area contributed by atoms with Gasteiger partial charge in [-0.1, -0.05) is 30.7 Å². The summed E-state index contributed by atoms with van der Waals surface area (Å²) in [7, 11) is 0. The largest absolute Gasteiger partial charge is 0.371 e. The first kappa shape index (κ1) is 22.5. The summed E-state index contributed by atoms with van der Waals surface area (Å²) in [6.45, 7) is 9.46. The zero-order valence-electron chi connectivity index (χ0n) is 18.5. The lowest BCUT2D eigenvalue weighted by Gasteiger charge is -2.20. The van der Waals surface area contributed by atoms with E-state index < -0.39 is 6.17 Å². The molecule has 1 saturated heterocycles. The molecule has 32 heavy (non-hydrogen) atoms. The molecule has 1 N–H and O–H groups in total. The van der Waals surface area contributed by atoms with E-state index in [0.717, 1.165) is 24.3 Å². The minimum Gasteiger partial charge on any atom is -0.371 e. The number of amides is 1. The first-order valence-corrected chi connectivity index (χ1v) is 11.4. The van der Waals surface area contributed by atoms with Crippen LogP contribution in [0.4, 0.5) is 16.0 Å². The number of aliphatic imine (C=N–C) groups is 1. The van der Waals surface area contributed by atoms with Gasteiger partial charge in [-0.2, -0.15) is 0 Å². The van der Waals surface area contributed by atoms with Gasteiger partial charge in [0.05, 0.1) is 5.69 Å². The quantitative estimate of drug-likeness (QED) is 0.598. The Morgan fingerprint density at radius 2 is 1.97 bits per heavy atom. The molecule has 1 aromatic carbocycles. The monoisotopic (exact) mass is 457 g/mol. The first-order valence-electron chi connectivity index (χ1n) is 11.1. The summed E-state index contributed by atoms with van der Waals surface area (Å²) in [5.41, 5.74) is 3.21. The van der Waals surface area contributed by atoms with Crippen molar-refractivity contribution in [3.05, 3.63) is 46.2 Å². The predicted molar refractivity (Wildman–Crippen MR) is 128 cm³/mol. The van der Waals surface area contributed by atoms with Gasteiger partial charge in [-0.05, 0) is 62.4 Å². The predicted octanol–water partition coefficient (Wildman–Crippen LogP) is 4.95. The molecule has 2 atom stereocenters. The minimum atomic E-state index is -0.621. The number of aryl methyl sites for hydroxylation is 1. The molecule has 2 heterocycles. The third kappa shape index (κ3) is 4.58. The average Bonchev–Trinajstić information content (AvgIpc) is 3.42. The number of carbonyl (C=O) groups excluding carboxylic acids is 1. The normalized spacial score (nSPS) is 22.8. The van der Waals surface area contributed by atoms with Crippen LogP contribution in [0.5, 0.6) is 0 Å². The molecule has 2 unspecified atom stereocenters. The Morgan fingerprint density at radius 1 is 1.31 bits per heavy atom. The third-order valence-corrected chi connectivity index (χ3v) is 6.51. The number of carbonyl (C=O) groups is 1. The molecule has 1 aliphatic carbocycles. The van der Waals surface area contributed by atoms with Crippen molar-refractivity contribution < 1.29 is 9.18 Å². The lowest BCUT2D eigenvalue weighted by Crippen LogP contribution is -2.26. The third-order valence-electron chi connectivity index (χ3n) is 6.41. The molecule has 1 aliphatic heterocycles. The molecule has 0 bridgehead atoms. The molecule has 4 rings (SSSR count). The lowest BCUT2D eigenvalue weighted by atomic mass is 10.0. The van der Waals surface area contributed by atoms with Crippen molar-refractivity contribution in [2.75, 3.05) is 18.0 Å². The van der Waals surface area contributed by atoms with Crippen molar-refractivity contribution in [3.63, 3.8) is 0 Å². The summed E-state index contributed by atoms with van der Waals surface area (Å²) in [6, 6.07) is 8.21. The minimum absolute atomic E-state index is 0.240. The second-order valence-electron chi connectivity index (χ2n) is 8.65. The molecule has 8 heteroatoms. The van der Waals surface area contributed by atoms with E-state index in [1.807, 2.05) is 19.1 Å². The number of fused-ring (bicyclic) bond motifs is 1. The van der Waals surface area contributed by atoms with E-state index in [1.165, 1.54) is 0 Å². The van der Waals surface area contributed by atoms with Crippen LogP contribution in [-0.4, -0.2) is 41.4 Å². The highest BCUT2D eigenvalue weighted by molar-refractivity contribution is 6.30. The van der Waals surface area contributed by atoms with Crippen LogP contribution in [0.2, 0.25) is 0 Å². The smallest absolute Gasteiger partial charge is 0.270 e. The van der Waals surface area contributed by atoms with E-state index in [2.05, 4.69) is 39.0 Å². The first-order chi connectivity index (χ1) is 15.4. The maximum atomic E-state index is 13.6. The van der Waals surface area contributed by atoms with Crippen molar-refractivity contribution in [3.8, 4) is 0 Å². The van der Waals surface area contributed by atoms with Gasteiger partial charge in [0.2, 0.25) is 5.95 Å². The second-order valence-corrected chi connectivity index (χ2v) is 9.24. The molecule has 2 aromatic rings. The highest BCUT2D eigenvalue weighted by Gasteiger charge is 2.41. The number of benzene rings is 1. The van der Waals surface area contributed by atoms with Gasteiger partial charge in [0, 0.05) is 36.6 Å². The Morgan fingerprint density at radius 3 is 2.53 bits per heavy atom. The topological polar surface area (TPSA) is 62.5 Å². The summed E-state index contributed by atoms with van der Waals surface area (Å²) < 4.78 is 15.2. The van der Waals surface area contributed by atoms with Crippen molar-refractivity contribution in [1.82, 2.24) is 14.9 Å². The number of nitrogens with zero attached hydrogens (tertiary/aromatic N) is 4. The van der Waals surface area contributed by atoms with Crippen LogP contribution in [0.1, 0.15) is 48.4 Å². The van der Waals surface area contributed by atoms with Crippen LogP contribution in [0.25, 0.3) is 6.20 Å². The number of anilines is 1. The molecule has 2 aliphatic rings. The number of allylic oxidation sites excluding steroid dienone is 1. The van der Waals surface area contributed by atoms with Gasteiger partial charge in [0.25, 0.3) is 5.91 Å². The SMILES string of the molecule is C=Nc1nc(CC)c(C(=O)NCc2ccc(N3CC4CC(F)CC4C3)cc2)n1/C=C(\C)Cl. The van der Waals surface area contributed by atoms with E-state index in [0.29, 0.717) is 60.0 Å². The summed E-state index contributed by atoms with van der Waals surface area (Å²) in [4.78, 5) is 23.7. The molecule has 1 amide bonds. The van der Waals surface area contributed by atoms with Gasteiger partial charge in [-0.25, -0.2) is 14.4 Å². The summed E-state index contributed by atoms with van der Waals surface area (Å²) in [6.07, 6.45) is 2.98. The number of alkyl halides is 1. The van der Waals surface area contributed by atoms with Crippen LogP contribution < -0.4 is 10.2 Å². The van der Waals surface area contributed by atoms with Crippen LogP contribution in [0.15, 0.2) is 34.3 Å². The van der Waals surface area contributed by atoms with Crippen LogP contribution in [-0.2, 0) is 13.0 Å². The van der Waals surface area contributed by atoms with Gasteiger partial charge >= 0.3 is 0 Å². The fourth-order valence-electron chi connectivity index (χ4n) is 4.89. The standard InChI is InChI=1S/C24H29ClFN5O/c1-4-21-22(31(12-15(2)25)24(27-3)29-21)23(32)28-11-16-5-7-20(8-6-16)30-13-17-9-19(26)10-18(17)14-30/h5-8,12,17-19H,3-4,9-11,13-14H2,1-2H3,(H,28,32)/b15-12+. The Labute approximate surface area is 193 Å². The number of nitrogens with one attached hydrogen (secondary N) is 1. The van der Waals surface area contributed by atoms with E-state index >= 15 is 0 Å². The van der Waals surface area contributed by atoms with Gasteiger partial charge in [0.1, 0.15) is 11.9 Å². The van der Waals surface area contributed by atoms with Gasteiger partial charge in [-0.15, -0.1) is 0 Å². The summed E-state index contributed by atoms with van der Waals surface area (Å²) >= 11 is 6.05. The van der Waals surface area contributed by atoms with Crippen molar-refractivity contribution in [2.24, 2.45) is 16.8 Å². The fourth-order valence-corrected chi connectivity index (χ4v) is 4.99. The van der Waals surface area contributed by atoms with Crippen molar-refractivity contribution >= 4 is 42.1 Å². The molecule has 2 fully saturated rings. The average molecular weight is 458 g/mol. The van der Waals surface area contributed by atoms with Crippen LogP contribution in [0.3, 0.4) is 0 Å². The Hall–Kier alpha value is -2.67. The van der Waals surface area contributed by atoms with Crippen molar-refractivity contribution in [2.45, 2.75) is 45.8 Å². The number of halogens is 2. The van der Waals surface area contributed by atoms with Crippen LogP contribution in [0, 0.1) is 11.8 Å². The molecule has 1 saturated carbocycles. The number of hydrogen-bond acceptors (Lipinski definition) is 4. The number of imidazole rings is 1. The van der Waals surface area contributed by atoms with Gasteiger partial charge in [0.15, 0.2) is 0 Å². The number of rotatable bonds is 7. The molecular weight excluding hydrogens is 429 g/mol. The lowest BCUT2D eigenvalue weighted by molar-refractivity contribution is 0.0943. The zero-order chi connectivity index (χ0) is 22.8. The second kappa shape index (κ2) is 9.45. The fraction of sp³-hybridized carbons (Fsp3) is 0.458. The Balaban J connectivity index is 1.42. The summed E-state index contributed by atoms with van der Waals surface area (Å²) in [5.74, 6) is 1.05. The van der Waals surface area contributed by atoms with E-state index in [4.69, 9.17) is 11.6 Å². The maximum absolute atomic E-state index is 13.6. The maximum Gasteiger partial charge on any atom is 0.270 e. The van der Waals surface area contributed by atoms with Gasteiger partial charge in [-0.3, -0.25) is 9.36 Å². The van der Waals surface area contributed by atoms with E-state index in [9.17, 15) is 9.18 Å². The molecule has 0 radical (unpaired) electrons. The molecule has 1 aromatic heterocycles. The van der Waals surface area contributed by atoms with E-state index in [-0.39, 0.29) is 5.91 Å². The molecule has 6 nitrogen and oxygen atoms in total. The Bertz CT molecular complexity index is 1010. The van der Waals surface area contributed by atoms with Crippen LogP contribution >= 0.6 is 11.6 Å². The van der Waals surface area contributed by atoms with Crippen molar-refractivity contribution in [1.29, 1.82) is 0 Å². The summed E-state index contributed by atoms with van der Waals surface area (Å²) in [5, 5.41) is 3.48. The zero-order valence-corrected chi connectivity index (χ0v) is 19.3. The van der Waals surface area contributed by atoms with E-state index in [1.54, 1.807) is 17.7 Å². The Kier molecular flexibility index (Phi) is 6.65. The highest BCUT2D eigenvalue weighted by Crippen LogP contribution is 2.41. The molecule has 170 valence electrons. The van der Waals surface area contributed by atoms with Gasteiger partial charge < -0.3 is 10.2 Å².